The lowest BCUT2D eigenvalue weighted by Gasteiger charge is -2.23. The Balaban J connectivity index is 1.97. The maximum Gasteiger partial charge on any atom is 0.416 e. The van der Waals surface area contributed by atoms with Crippen molar-refractivity contribution in [2.24, 2.45) is 0 Å². The molecule has 1 aliphatic rings. The van der Waals surface area contributed by atoms with Crippen molar-refractivity contribution < 1.29 is 35.9 Å². The molecule has 1 aliphatic heterocycles. The largest absolute Gasteiger partial charge is 0.439 e. The molecule has 0 aliphatic carbocycles. The number of nitrogens with two attached hydrogens (primary N) is 1. The third-order valence-corrected chi connectivity index (χ3v) is 5.51. The number of halogens is 7. The van der Waals surface area contributed by atoms with Gasteiger partial charge >= 0.3 is 18.4 Å². The van der Waals surface area contributed by atoms with Gasteiger partial charge in [0.25, 0.3) is 0 Å². The van der Waals surface area contributed by atoms with E-state index in [2.05, 4.69) is 15.9 Å². The molecule has 0 bridgehead atoms. The second kappa shape index (κ2) is 7.68. The van der Waals surface area contributed by atoms with Gasteiger partial charge < -0.3 is 10.5 Å². The minimum absolute atomic E-state index is 0.00716. The Morgan fingerprint density at radius 1 is 1.03 bits per heavy atom. The predicted molar refractivity (Wildman–Crippen MR) is 99.2 cm³/mol. The van der Waals surface area contributed by atoms with Crippen molar-refractivity contribution in [1.29, 1.82) is 0 Å². The van der Waals surface area contributed by atoms with Crippen LogP contribution in [-0.2, 0) is 23.6 Å². The summed E-state index contributed by atoms with van der Waals surface area (Å²) >= 11 is 3.32. The standard InChI is InChI=1S/C19H15BrF6N2O2/c1-9-16(10-4-12(18(21,22)23)7-13(5-10)19(24,25)26)30-17(29)28(9)8-11-6-14(27)2-3-15(11)20/h2-7,9,16H,8,27H2,1H3/t9-,16?/m0/s1. The zero-order valence-corrected chi connectivity index (χ0v) is 16.9. The Labute approximate surface area is 175 Å². The van der Waals surface area contributed by atoms with Crippen molar-refractivity contribution in [2.75, 3.05) is 5.73 Å². The Kier molecular flexibility index (Phi) is 5.70. The van der Waals surface area contributed by atoms with E-state index in [1.165, 1.54) is 11.8 Å². The van der Waals surface area contributed by atoms with Crippen molar-refractivity contribution in [1.82, 2.24) is 4.90 Å². The number of rotatable bonds is 3. The second-order valence-corrected chi connectivity index (χ2v) is 7.72. The summed E-state index contributed by atoms with van der Waals surface area (Å²) in [5.74, 6) is 0. The van der Waals surface area contributed by atoms with Gasteiger partial charge in [-0.1, -0.05) is 15.9 Å². The van der Waals surface area contributed by atoms with Gasteiger partial charge in [-0.15, -0.1) is 0 Å². The summed E-state index contributed by atoms with van der Waals surface area (Å²) in [4.78, 5) is 13.6. The van der Waals surface area contributed by atoms with E-state index in [0.717, 1.165) is 0 Å². The smallest absolute Gasteiger partial charge is 0.416 e. The molecule has 1 heterocycles. The first-order valence-electron chi connectivity index (χ1n) is 8.58. The molecular weight excluding hydrogens is 482 g/mol. The number of hydrogen-bond donors (Lipinski definition) is 1. The summed E-state index contributed by atoms with van der Waals surface area (Å²) in [6.45, 7) is 1.50. The number of nitrogens with zero attached hydrogens (tertiary/aromatic N) is 1. The Morgan fingerprint density at radius 3 is 2.13 bits per heavy atom. The molecule has 2 N–H and O–H groups in total. The molecule has 0 saturated carbocycles. The fourth-order valence-corrected chi connectivity index (χ4v) is 3.57. The molecule has 2 aromatic carbocycles. The maximum absolute atomic E-state index is 13.1. The van der Waals surface area contributed by atoms with Gasteiger partial charge in [0.1, 0.15) is 6.10 Å². The summed E-state index contributed by atoms with van der Waals surface area (Å²) in [6, 6.07) is 5.25. The molecule has 4 nitrogen and oxygen atoms in total. The lowest BCUT2D eigenvalue weighted by atomic mass is 9.97. The number of hydrogen-bond acceptors (Lipinski definition) is 3. The van der Waals surface area contributed by atoms with Crippen LogP contribution in [-0.4, -0.2) is 17.0 Å². The van der Waals surface area contributed by atoms with Crippen LogP contribution in [0.5, 0.6) is 0 Å². The van der Waals surface area contributed by atoms with Gasteiger partial charge in [-0.25, -0.2) is 4.79 Å². The molecular formula is C19H15BrF6N2O2. The third kappa shape index (κ3) is 4.50. The number of ether oxygens (including phenoxy) is 1. The number of alkyl halides is 6. The maximum atomic E-state index is 13.1. The molecule has 30 heavy (non-hydrogen) atoms. The molecule has 0 spiro atoms. The third-order valence-electron chi connectivity index (χ3n) is 4.74. The molecule has 3 rings (SSSR count). The van der Waals surface area contributed by atoms with Crippen molar-refractivity contribution >= 4 is 27.7 Å². The summed E-state index contributed by atoms with van der Waals surface area (Å²) in [5, 5.41) is 0. The molecule has 1 amide bonds. The van der Waals surface area contributed by atoms with Crippen molar-refractivity contribution in [3.05, 3.63) is 63.1 Å². The average molecular weight is 497 g/mol. The lowest BCUT2D eigenvalue weighted by Crippen LogP contribution is -2.31. The predicted octanol–water partition coefficient (Wildman–Crippen LogP) is 6.15. The molecule has 2 aromatic rings. The van der Waals surface area contributed by atoms with Crippen LogP contribution in [0.3, 0.4) is 0 Å². The molecule has 1 fully saturated rings. The first kappa shape index (κ1) is 22.3. The fraction of sp³-hybridized carbons (Fsp3) is 0.316. The molecule has 1 unspecified atom stereocenters. The van der Waals surface area contributed by atoms with Crippen LogP contribution in [0, 0.1) is 0 Å². The molecule has 1 saturated heterocycles. The van der Waals surface area contributed by atoms with E-state index in [-0.39, 0.29) is 18.2 Å². The fourth-order valence-electron chi connectivity index (χ4n) is 3.20. The van der Waals surface area contributed by atoms with E-state index in [1.54, 1.807) is 18.2 Å². The van der Waals surface area contributed by atoms with Gasteiger partial charge in [0.2, 0.25) is 0 Å². The van der Waals surface area contributed by atoms with Crippen LogP contribution >= 0.6 is 15.9 Å². The van der Waals surface area contributed by atoms with E-state index < -0.39 is 41.7 Å². The van der Waals surface area contributed by atoms with E-state index in [9.17, 15) is 31.1 Å². The highest BCUT2D eigenvalue weighted by Crippen LogP contribution is 2.41. The minimum atomic E-state index is -4.99. The number of cyclic esters (lactones) is 1. The summed E-state index contributed by atoms with van der Waals surface area (Å²) < 4.78 is 84.6. The summed E-state index contributed by atoms with van der Waals surface area (Å²) in [7, 11) is 0. The van der Waals surface area contributed by atoms with Gasteiger partial charge in [-0.2, -0.15) is 26.3 Å². The number of benzene rings is 2. The van der Waals surface area contributed by atoms with Crippen LogP contribution in [0.15, 0.2) is 40.9 Å². The highest BCUT2D eigenvalue weighted by atomic mass is 79.9. The number of amides is 1. The first-order valence-corrected chi connectivity index (χ1v) is 9.37. The molecule has 0 radical (unpaired) electrons. The number of carbonyl (C=O) groups excluding carboxylic acids is 1. The van der Waals surface area contributed by atoms with Gasteiger partial charge in [0.05, 0.1) is 23.7 Å². The highest BCUT2D eigenvalue weighted by molar-refractivity contribution is 9.10. The van der Waals surface area contributed by atoms with Crippen LogP contribution in [0.25, 0.3) is 0 Å². The monoisotopic (exact) mass is 496 g/mol. The van der Waals surface area contributed by atoms with Gasteiger partial charge in [-0.05, 0) is 54.4 Å². The molecule has 11 heteroatoms. The van der Waals surface area contributed by atoms with Crippen molar-refractivity contribution in [2.45, 2.75) is 38.0 Å². The van der Waals surface area contributed by atoms with Crippen LogP contribution < -0.4 is 5.73 Å². The average Bonchev–Trinajstić information content (AvgIpc) is 2.91. The zero-order valence-electron chi connectivity index (χ0n) is 15.3. The van der Waals surface area contributed by atoms with Gasteiger partial charge in [-0.3, -0.25) is 4.90 Å². The molecule has 162 valence electrons. The van der Waals surface area contributed by atoms with Crippen LogP contribution in [0.4, 0.5) is 36.8 Å². The van der Waals surface area contributed by atoms with E-state index in [4.69, 9.17) is 10.5 Å². The van der Waals surface area contributed by atoms with Crippen molar-refractivity contribution in [3.8, 4) is 0 Å². The Hall–Kier alpha value is -2.43. The SMILES string of the molecule is C[C@H]1C(c2cc(C(F)(F)F)cc(C(F)(F)F)c2)OC(=O)N1Cc1cc(N)ccc1Br. The minimum Gasteiger partial charge on any atom is -0.439 e. The number of anilines is 1. The summed E-state index contributed by atoms with van der Waals surface area (Å²) in [6.07, 6.45) is -12.1. The first-order chi connectivity index (χ1) is 13.8. The lowest BCUT2D eigenvalue weighted by molar-refractivity contribution is -0.143. The van der Waals surface area contributed by atoms with Crippen LogP contribution in [0.1, 0.15) is 35.3 Å². The van der Waals surface area contributed by atoms with Gasteiger partial charge in [0.15, 0.2) is 0 Å². The van der Waals surface area contributed by atoms with Crippen molar-refractivity contribution in [3.63, 3.8) is 0 Å². The quantitative estimate of drug-likeness (QED) is 0.409. The number of nitrogen functional groups attached to an aromatic ring is 1. The molecule has 0 aromatic heterocycles. The van der Waals surface area contributed by atoms with Gasteiger partial charge in [0, 0.05) is 10.2 Å². The zero-order chi connectivity index (χ0) is 22.4. The van der Waals surface area contributed by atoms with E-state index >= 15 is 0 Å². The highest BCUT2D eigenvalue weighted by Gasteiger charge is 2.43. The molecule has 2 atom stereocenters. The second-order valence-electron chi connectivity index (χ2n) is 6.86. The van der Waals surface area contributed by atoms with Crippen LogP contribution in [0.2, 0.25) is 0 Å². The topological polar surface area (TPSA) is 55.6 Å². The Morgan fingerprint density at radius 2 is 1.60 bits per heavy atom. The normalized spacial score (nSPS) is 19.9. The summed E-state index contributed by atoms with van der Waals surface area (Å²) in [5.41, 5.74) is 3.46. The van der Waals surface area contributed by atoms with E-state index in [0.29, 0.717) is 27.9 Å². The Bertz CT molecular complexity index is 944. The number of carbonyl (C=O) groups is 1. The van der Waals surface area contributed by atoms with E-state index in [1.807, 2.05) is 0 Å².